The van der Waals surface area contributed by atoms with E-state index in [2.05, 4.69) is 26.6 Å². The largest absolute Gasteiger partial charge is 0.379 e. The zero-order valence-corrected chi connectivity index (χ0v) is 19.3. The van der Waals surface area contributed by atoms with Crippen LogP contribution in [0.1, 0.15) is 22.7 Å². The average molecular weight is 523 g/mol. The summed E-state index contributed by atoms with van der Waals surface area (Å²) in [5, 5.41) is 15.7. The Morgan fingerprint density at radius 2 is 1.93 bits per heavy atom. The number of benzene rings is 2. The average Bonchev–Trinajstić information content (AvgIpc) is 2.78. The molecule has 1 unspecified atom stereocenters. The molecule has 2 N–H and O–H groups in total. The molecule has 1 heterocycles. The van der Waals surface area contributed by atoms with Crippen LogP contribution in [0.3, 0.4) is 0 Å². The molecule has 2 aromatic rings. The van der Waals surface area contributed by atoms with E-state index in [1.165, 1.54) is 12.1 Å². The summed E-state index contributed by atoms with van der Waals surface area (Å²) in [6.07, 6.45) is 0. The summed E-state index contributed by atoms with van der Waals surface area (Å²) in [7, 11) is 1.72. The Morgan fingerprint density at radius 3 is 2.60 bits per heavy atom. The molecule has 0 amide bonds. The summed E-state index contributed by atoms with van der Waals surface area (Å²) in [4.78, 5) is 6.64. The summed E-state index contributed by atoms with van der Waals surface area (Å²) in [6, 6.07) is 16.4. The summed E-state index contributed by atoms with van der Waals surface area (Å²) in [5.74, 6) is 0.437. The van der Waals surface area contributed by atoms with E-state index in [1.54, 1.807) is 13.1 Å². The molecule has 0 aliphatic carbocycles. The van der Waals surface area contributed by atoms with Gasteiger partial charge in [-0.2, -0.15) is 5.26 Å². The second kappa shape index (κ2) is 12.5. The zero-order chi connectivity index (χ0) is 20.5. The lowest BCUT2D eigenvalue weighted by molar-refractivity contribution is 0.0170. The first-order chi connectivity index (χ1) is 14.2. The third kappa shape index (κ3) is 6.93. The van der Waals surface area contributed by atoms with Crippen LogP contribution in [0.2, 0.25) is 0 Å². The van der Waals surface area contributed by atoms with Crippen molar-refractivity contribution in [3.8, 4) is 6.07 Å². The third-order valence-electron chi connectivity index (χ3n) is 4.94. The lowest BCUT2D eigenvalue weighted by Crippen LogP contribution is -2.46. The van der Waals surface area contributed by atoms with Gasteiger partial charge in [0.15, 0.2) is 5.96 Å². The zero-order valence-electron chi connectivity index (χ0n) is 17.0. The molecule has 1 aliphatic rings. The minimum absolute atomic E-state index is 0. The van der Waals surface area contributed by atoms with Crippen molar-refractivity contribution in [2.24, 2.45) is 4.99 Å². The molecule has 1 saturated heterocycles. The van der Waals surface area contributed by atoms with E-state index in [4.69, 9.17) is 10.00 Å². The monoisotopic (exact) mass is 523 g/mol. The number of morpholine rings is 1. The second-order valence-electron chi connectivity index (χ2n) is 6.83. The number of nitrogens with zero attached hydrogens (tertiary/aromatic N) is 3. The quantitative estimate of drug-likeness (QED) is 0.346. The number of aliphatic imine (C=N–C) groups is 1. The van der Waals surface area contributed by atoms with Crippen molar-refractivity contribution in [3.63, 3.8) is 0 Å². The van der Waals surface area contributed by atoms with Crippen LogP contribution in [0, 0.1) is 17.1 Å². The number of ether oxygens (including phenoxy) is 1. The number of nitrogens with one attached hydrogen (secondary N) is 2. The van der Waals surface area contributed by atoms with E-state index in [1.807, 2.05) is 30.3 Å². The molecule has 1 fully saturated rings. The van der Waals surface area contributed by atoms with Crippen molar-refractivity contribution in [3.05, 3.63) is 71.0 Å². The highest BCUT2D eigenvalue weighted by Crippen LogP contribution is 2.21. The maximum absolute atomic E-state index is 13.4. The van der Waals surface area contributed by atoms with E-state index in [-0.39, 0.29) is 35.8 Å². The maximum Gasteiger partial charge on any atom is 0.191 e. The van der Waals surface area contributed by atoms with Crippen LogP contribution < -0.4 is 10.6 Å². The molecular formula is C22H27FIN5O. The van der Waals surface area contributed by atoms with Crippen molar-refractivity contribution >= 4 is 29.9 Å². The Bertz CT molecular complexity index is 863. The fourth-order valence-corrected chi connectivity index (χ4v) is 3.38. The first kappa shape index (κ1) is 24.1. The molecule has 0 aromatic heterocycles. The van der Waals surface area contributed by atoms with Gasteiger partial charge in [0.25, 0.3) is 0 Å². The number of guanidine groups is 1. The van der Waals surface area contributed by atoms with Gasteiger partial charge in [-0.25, -0.2) is 4.39 Å². The molecule has 6 nitrogen and oxygen atoms in total. The number of halogens is 2. The number of rotatable bonds is 6. The normalized spacial score (nSPS) is 15.6. The lowest BCUT2D eigenvalue weighted by Gasteiger charge is -2.35. The van der Waals surface area contributed by atoms with Gasteiger partial charge in [-0.1, -0.05) is 24.3 Å². The first-order valence-electron chi connectivity index (χ1n) is 9.70. The van der Waals surface area contributed by atoms with Crippen LogP contribution in [-0.2, 0) is 11.3 Å². The standard InChI is InChI=1S/C22H26FN5O.HI/c1-25-22(26-15-18-4-2-3-17(13-18)14-24)27-16-21(28-9-11-29-12-10-28)19-5-7-20(23)8-6-19;/h2-8,13,21H,9-12,15-16H2,1H3,(H2,25,26,27);1H. The van der Waals surface area contributed by atoms with E-state index in [0.717, 1.165) is 24.2 Å². The highest BCUT2D eigenvalue weighted by Gasteiger charge is 2.23. The van der Waals surface area contributed by atoms with Crippen molar-refractivity contribution in [1.82, 2.24) is 15.5 Å². The van der Waals surface area contributed by atoms with Gasteiger partial charge in [0.2, 0.25) is 0 Å². The van der Waals surface area contributed by atoms with Gasteiger partial charge in [0.05, 0.1) is 30.9 Å². The van der Waals surface area contributed by atoms with Crippen LogP contribution in [0.4, 0.5) is 4.39 Å². The fourth-order valence-electron chi connectivity index (χ4n) is 3.38. The molecule has 0 radical (unpaired) electrons. The predicted molar refractivity (Wildman–Crippen MR) is 126 cm³/mol. The number of nitriles is 1. The van der Waals surface area contributed by atoms with Gasteiger partial charge in [0.1, 0.15) is 5.82 Å². The summed E-state index contributed by atoms with van der Waals surface area (Å²) in [5.41, 5.74) is 2.70. The topological polar surface area (TPSA) is 72.7 Å². The molecule has 0 spiro atoms. The fraction of sp³-hybridized carbons (Fsp3) is 0.364. The van der Waals surface area contributed by atoms with Gasteiger partial charge in [-0.3, -0.25) is 9.89 Å². The predicted octanol–water partition coefficient (Wildman–Crippen LogP) is 3.05. The van der Waals surface area contributed by atoms with Crippen molar-refractivity contribution in [1.29, 1.82) is 5.26 Å². The maximum atomic E-state index is 13.4. The molecule has 2 aromatic carbocycles. The highest BCUT2D eigenvalue weighted by molar-refractivity contribution is 14.0. The molecule has 30 heavy (non-hydrogen) atoms. The van der Waals surface area contributed by atoms with Crippen LogP contribution in [0.15, 0.2) is 53.5 Å². The van der Waals surface area contributed by atoms with Gasteiger partial charge in [-0.15, -0.1) is 24.0 Å². The van der Waals surface area contributed by atoms with Crippen molar-refractivity contribution in [2.45, 2.75) is 12.6 Å². The molecule has 0 bridgehead atoms. The first-order valence-corrected chi connectivity index (χ1v) is 9.70. The van der Waals surface area contributed by atoms with E-state index in [0.29, 0.717) is 37.8 Å². The van der Waals surface area contributed by atoms with Crippen LogP contribution >= 0.6 is 24.0 Å². The SMILES string of the molecule is CN=C(NCc1cccc(C#N)c1)NCC(c1ccc(F)cc1)N1CCOCC1.I. The Morgan fingerprint density at radius 1 is 1.20 bits per heavy atom. The molecule has 8 heteroatoms. The number of hydrogen-bond donors (Lipinski definition) is 2. The molecular weight excluding hydrogens is 496 g/mol. The van der Waals surface area contributed by atoms with Crippen LogP contribution in [0.5, 0.6) is 0 Å². The van der Waals surface area contributed by atoms with E-state index < -0.39 is 0 Å². The van der Waals surface area contributed by atoms with Crippen molar-refractivity contribution in [2.75, 3.05) is 39.9 Å². The Hall–Kier alpha value is -2.22. The summed E-state index contributed by atoms with van der Waals surface area (Å²) >= 11 is 0. The third-order valence-corrected chi connectivity index (χ3v) is 4.94. The minimum atomic E-state index is -0.237. The van der Waals surface area contributed by atoms with Crippen LogP contribution in [0.25, 0.3) is 0 Å². The van der Waals surface area contributed by atoms with Gasteiger partial charge < -0.3 is 15.4 Å². The Balaban J connectivity index is 0.00000320. The van der Waals surface area contributed by atoms with E-state index >= 15 is 0 Å². The number of hydrogen-bond acceptors (Lipinski definition) is 4. The molecule has 1 aliphatic heterocycles. The summed E-state index contributed by atoms with van der Waals surface area (Å²) in [6.45, 7) is 4.24. The molecule has 1 atom stereocenters. The van der Waals surface area contributed by atoms with Gasteiger partial charge in [0, 0.05) is 33.2 Å². The molecule has 160 valence electrons. The van der Waals surface area contributed by atoms with Gasteiger partial charge in [-0.05, 0) is 35.4 Å². The highest BCUT2D eigenvalue weighted by atomic mass is 127. The molecule has 0 saturated carbocycles. The minimum Gasteiger partial charge on any atom is -0.379 e. The molecule has 3 rings (SSSR count). The van der Waals surface area contributed by atoms with Crippen molar-refractivity contribution < 1.29 is 9.13 Å². The lowest BCUT2D eigenvalue weighted by atomic mass is 10.0. The van der Waals surface area contributed by atoms with Gasteiger partial charge >= 0.3 is 0 Å². The second-order valence-corrected chi connectivity index (χ2v) is 6.83. The Kier molecular flexibility index (Phi) is 10.00. The summed E-state index contributed by atoms with van der Waals surface area (Å²) < 4.78 is 18.9. The van der Waals surface area contributed by atoms with E-state index in [9.17, 15) is 4.39 Å². The van der Waals surface area contributed by atoms with Crippen LogP contribution in [-0.4, -0.2) is 50.8 Å². The Labute approximate surface area is 194 Å². The smallest absolute Gasteiger partial charge is 0.191 e.